The number of aliphatic hydroxyl groups excluding tert-OH is 2. The number of fused-ring (bicyclic) bond motifs is 7. The summed E-state index contributed by atoms with van der Waals surface area (Å²) in [5.74, 6) is -3.52. The van der Waals surface area contributed by atoms with Crippen molar-refractivity contribution < 1.29 is 29.3 Å². The van der Waals surface area contributed by atoms with Gasteiger partial charge in [0, 0.05) is 44.6 Å². The molecule has 270 valence electrons. The van der Waals surface area contributed by atoms with Crippen molar-refractivity contribution in [1.29, 1.82) is 0 Å². The number of furan rings is 1. The topological polar surface area (TPSA) is 201 Å². The minimum atomic E-state index is -2.22. The molecule has 4 aliphatic carbocycles. The van der Waals surface area contributed by atoms with Crippen molar-refractivity contribution in [2.45, 2.75) is 25.2 Å². The third-order valence-corrected chi connectivity index (χ3v) is 10.9. The molecule has 4 aliphatic rings. The predicted molar refractivity (Wildman–Crippen MR) is 204 cm³/mol. The Balaban J connectivity index is 1.44. The van der Waals surface area contributed by atoms with Crippen LogP contribution in [0.5, 0.6) is 11.5 Å². The molecule has 3 aromatic carbocycles. The van der Waals surface area contributed by atoms with E-state index in [1.54, 1.807) is 66.8 Å². The lowest BCUT2D eigenvalue weighted by Crippen LogP contribution is -2.51. The molecule has 0 fully saturated rings. The highest BCUT2D eigenvalue weighted by molar-refractivity contribution is 6.26. The zero-order valence-corrected chi connectivity index (χ0v) is 29.0. The second kappa shape index (κ2) is 11.6. The molecule has 1 spiro atoms. The molecule has 2 aromatic heterocycles. The molecule has 9 rings (SSSR count). The van der Waals surface area contributed by atoms with E-state index in [9.17, 15) is 39.3 Å². The van der Waals surface area contributed by atoms with Crippen LogP contribution in [0.25, 0.3) is 50.3 Å². The molecule has 5 aromatic rings. The summed E-state index contributed by atoms with van der Waals surface area (Å²) in [6, 6.07) is 14.4. The van der Waals surface area contributed by atoms with Crippen molar-refractivity contribution in [3.8, 4) is 11.5 Å². The van der Waals surface area contributed by atoms with Gasteiger partial charge in [0.1, 0.15) is 33.8 Å². The molecule has 4 N–H and O–H groups in total. The van der Waals surface area contributed by atoms with Gasteiger partial charge in [-0.25, -0.2) is 0 Å². The fourth-order valence-corrected chi connectivity index (χ4v) is 8.58. The molecule has 55 heavy (non-hydrogen) atoms. The first kappa shape index (κ1) is 33.5. The summed E-state index contributed by atoms with van der Waals surface area (Å²) in [5, 5.41) is 34.1. The van der Waals surface area contributed by atoms with E-state index < -0.39 is 82.4 Å². The first-order valence-corrected chi connectivity index (χ1v) is 17.2. The second-order valence-corrected chi connectivity index (χ2v) is 13.6. The van der Waals surface area contributed by atoms with Crippen molar-refractivity contribution in [3.63, 3.8) is 0 Å². The molecule has 0 saturated carbocycles. The molecule has 1 atom stereocenters. The van der Waals surface area contributed by atoms with E-state index in [1.165, 1.54) is 6.07 Å². The van der Waals surface area contributed by atoms with Gasteiger partial charge in [-0.1, -0.05) is 48.6 Å². The van der Waals surface area contributed by atoms with E-state index in [-0.39, 0.29) is 45.9 Å². The number of aliphatic hydroxyl groups is 2. The Kier molecular flexibility index (Phi) is 7.05. The molecule has 0 saturated heterocycles. The van der Waals surface area contributed by atoms with Gasteiger partial charge in [0.2, 0.25) is 16.3 Å². The highest BCUT2D eigenvalue weighted by Gasteiger charge is 2.54. The number of carbonyl (C=O) groups excluding carboxylic acids is 1. The van der Waals surface area contributed by atoms with Gasteiger partial charge < -0.3 is 29.5 Å². The monoisotopic (exact) mass is 733 g/mol. The van der Waals surface area contributed by atoms with Crippen LogP contribution in [0.4, 0.5) is 0 Å². The maximum Gasteiger partial charge on any atom is 0.260 e. The highest BCUT2D eigenvalue weighted by atomic mass is 16.5. The molecule has 0 bridgehead atoms. The summed E-state index contributed by atoms with van der Waals surface area (Å²) in [6.07, 6.45) is 6.42. The standard InChI is InChI=1S/C43H27NO11/c1-3-4-5-9-18-16-22-28(35(46)21-11-8-13-25-27(21)19-10-6-7-12-24(19)55-25)20-14-15-43(34(20)39(50)29(22)42(53)44-18)40(51)32-33(41(43)52)38(49)31-30(37(32)48)23(45)17-26(54-2)36(31)47/h3-13,16-17,50-52H,14-15H2,1-2H3,(H,44,53)/b4-3+,9-5+/t43-/m0/s1. The number of ketones is 1. The summed E-state index contributed by atoms with van der Waals surface area (Å²) in [7, 11) is 1.11. The normalized spacial score (nSPS) is 16.5. The molecule has 0 radical (unpaired) electrons. The van der Waals surface area contributed by atoms with Crippen LogP contribution in [-0.4, -0.2) is 33.2 Å². The van der Waals surface area contributed by atoms with E-state index in [0.717, 1.165) is 13.2 Å². The first-order valence-electron chi connectivity index (χ1n) is 17.2. The molecule has 0 amide bonds. The number of ether oxygens (including phenoxy) is 1. The third-order valence-electron chi connectivity index (χ3n) is 10.9. The predicted octanol–water partition coefficient (Wildman–Crippen LogP) is 3.23. The van der Waals surface area contributed by atoms with Crippen molar-refractivity contribution in [3.05, 3.63) is 173 Å². The highest BCUT2D eigenvalue weighted by Crippen LogP contribution is 2.55. The number of aromatic amines is 1. The zero-order valence-electron chi connectivity index (χ0n) is 29.0. The Morgan fingerprint density at radius 1 is 0.818 bits per heavy atom. The Bertz CT molecular complexity index is 3490. The number of nitrogens with one attached hydrogen (secondary N) is 1. The summed E-state index contributed by atoms with van der Waals surface area (Å²) >= 11 is 0. The van der Waals surface area contributed by atoms with Crippen LogP contribution in [0.3, 0.4) is 0 Å². The number of H-pyrrole nitrogens is 1. The maximum absolute atomic E-state index is 15.2. The Labute approximate surface area is 306 Å². The largest absolute Gasteiger partial charge is 0.510 e. The maximum atomic E-state index is 15.2. The first-order chi connectivity index (χ1) is 26.5. The van der Waals surface area contributed by atoms with Gasteiger partial charge in [-0.15, -0.1) is 0 Å². The van der Waals surface area contributed by atoms with Crippen LogP contribution in [-0.2, 0) is 11.8 Å². The summed E-state index contributed by atoms with van der Waals surface area (Å²) in [4.78, 5) is 86.2. The third kappa shape index (κ3) is 4.21. The Morgan fingerprint density at radius 3 is 2.25 bits per heavy atom. The minimum absolute atomic E-state index is 0.0240. The Morgan fingerprint density at radius 2 is 1.53 bits per heavy atom. The number of phenols is 1. The average Bonchev–Trinajstić information content (AvgIpc) is 3.82. The van der Waals surface area contributed by atoms with E-state index in [0.29, 0.717) is 27.6 Å². The summed E-state index contributed by atoms with van der Waals surface area (Å²) in [6.45, 7) is 1.81. The van der Waals surface area contributed by atoms with Gasteiger partial charge >= 0.3 is 0 Å². The van der Waals surface area contributed by atoms with Crippen LogP contribution >= 0.6 is 0 Å². The van der Waals surface area contributed by atoms with Gasteiger partial charge in [0.15, 0.2) is 17.0 Å². The number of para-hydroxylation sites is 1. The molecular weight excluding hydrogens is 706 g/mol. The van der Waals surface area contributed by atoms with Gasteiger partial charge in [-0.2, -0.15) is 0 Å². The number of aromatic hydroxyl groups is 1. The lowest BCUT2D eigenvalue weighted by molar-refractivity contribution is 0.104. The van der Waals surface area contributed by atoms with Gasteiger partial charge in [0.05, 0.1) is 33.4 Å². The van der Waals surface area contributed by atoms with E-state index in [1.807, 2.05) is 6.92 Å². The van der Waals surface area contributed by atoms with E-state index in [2.05, 4.69) is 4.98 Å². The quantitative estimate of drug-likeness (QED) is 0.150. The van der Waals surface area contributed by atoms with Gasteiger partial charge in [0.25, 0.3) is 5.56 Å². The molecule has 0 unspecified atom stereocenters. The van der Waals surface area contributed by atoms with E-state index >= 15 is 4.79 Å². The molecule has 2 heterocycles. The summed E-state index contributed by atoms with van der Waals surface area (Å²) < 4.78 is 11.0. The lowest BCUT2D eigenvalue weighted by atomic mass is 9.77. The van der Waals surface area contributed by atoms with Crippen LogP contribution in [0.1, 0.15) is 46.1 Å². The fraction of sp³-hybridized carbons (Fsp3) is 0.116. The number of hydrogen-bond acceptors (Lipinski definition) is 11. The average molecular weight is 734 g/mol. The van der Waals surface area contributed by atoms with E-state index in [4.69, 9.17) is 9.15 Å². The number of methoxy groups -OCH3 is 1. The Hall–Kier alpha value is -7.34. The fourth-order valence-electron chi connectivity index (χ4n) is 8.58. The number of aromatic nitrogens is 1. The van der Waals surface area contributed by atoms with Gasteiger partial charge in [-0.05, 0) is 49.6 Å². The van der Waals surface area contributed by atoms with Crippen LogP contribution < -0.4 is 42.4 Å². The van der Waals surface area contributed by atoms with Crippen molar-refractivity contribution >= 4 is 56.1 Å². The smallest absolute Gasteiger partial charge is 0.260 e. The van der Waals surface area contributed by atoms with Crippen LogP contribution in [0.2, 0.25) is 0 Å². The van der Waals surface area contributed by atoms with Crippen molar-refractivity contribution in [2.24, 2.45) is 0 Å². The number of phenolic OH excluding ortho intramolecular Hbond substituents is 1. The second-order valence-electron chi connectivity index (χ2n) is 13.6. The molecule has 0 aliphatic heterocycles. The molecule has 12 heteroatoms. The number of carbonyl (C=O) groups is 1. The molecular formula is C43H27NO11. The van der Waals surface area contributed by atoms with Crippen molar-refractivity contribution in [1.82, 2.24) is 4.98 Å². The lowest BCUT2D eigenvalue weighted by Gasteiger charge is -2.27. The zero-order chi connectivity index (χ0) is 38.7. The number of pyridine rings is 1. The van der Waals surface area contributed by atoms with Crippen LogP contribution in [0.15, 0.2) is 101 Å². The van der Waals surface area contributed by atoms with Gasteiger partial charge in [-0.3, -0.25) is 28.8 Å². The minimum Gasteiger partial charge on any atom is -0.510 e. The number of hydrogen-bond donors (Lipinski definition) is 4. The van der Waals surface area contributed by atoms with Crippen LogP contribution in [0, 0.1) is 10.4 Å². The summed E-state index contributed by atoms with van der Waals surface area (Å²) in [5.41, 5.74) is -6.19. The van der Waals surface area contributed by atoms with Crippen molar-refractivity contribution in [2.75, 3.05) is 7.11 Å². The molecule has 12 nitrogen and oxygen atoms in total. The number of benzene rings is 3. The SMILES string of the molecule is C/C=C/C=C/c1cc2c(C(=O)c3cccc4oc5ccccc5c34)c3c(c(O)c2c(=O)[nH]1)[C@@]1(CC3)C(O)=c2c(=O)c3c(=O)cc(OC)c(=O)c=3c(=O)c2=C1O. The number of rotatable bonds is 5. The number of allylic oxidation sites excluding steroid dienone is 3.